The number of thiophene rings is 1. The summed E-state index contributed by atoms with van der Waals surface area (Å²) in [6, 6.07) is 6.16. The van der Waals surface area contributed by atoms with Crippen molar-refractivity contribution in [3.63, 3.8) is 0 Å². The molecule has 96 valence electrons. The van der Waals surface area contributed by atoms with Crippen molar-refractivity contribution in [2.75, 3.05) is 0 Å². The second-order valence-corrected chi connectivity index (χ2v) is 5.49. The van der Waals surface area contributed by atoms with Gasteiger partial charge in [0.15, 0.2) is 0 Å². The van der Waals surface area contributed by atoms with Crippen molar-refractivity contribution >= 4 is 17.2 Å². The van der Waals surface area contributed by atoms with E-state index in [1.807, 2.05) is 25.3 Å². The minimum absolute atomic E-state index is 0.113. The molecule has 0 fully saturated rings. The van der Waals surface area contributed by atoms with Gasteiger partial charge < -0.3 is 10.3 Å². The minimum Gasteiger partial charge on any atom is -0.362 e. The van der Waals surface area contributed by atoms with E-state index in [9.17, 15) is 4.79 Å². The highest BCUT2D eigenvalue weighted by molar-refractivity contribution is 7.09. The van der Waals surface area contributed by atoms with E-state index in [1.54, 1.807) is 11.3 Å². The van der Waals surface area contributed by atoms with Gasteiger partial charge in [-0.3, -0.25) is 4.79 Å². The van der Waals surface area contributed by atoms with Crippen molar-refractivity contribution in [2.45, 2.75) is 33.2 Å². The summed E-state index contributed by atoms with van der Waals surface area (Å²) in [5, 5.41) is 5.00. The number of carbonyl (C=O) groups is 1. The van der Waals surface area contributed by atoms with Gasteiger partial charge in [0.05, 0.1) is 0 Å². The molecule has 4 heteroatoms. The number of amides is 1. The van der Waals surface area contributed by atoms with Gasteiger partial charge in [0.1, 0.15) is 0 Å². The molecular formula is C14H18N2OS. The molecule has 0 atom stereocenters. The fourth-order valence-electron chi connectivity index (χ4n) is 1.94. The number of H-pyrrole nitrogens is 1. The first-order chi connectivity index (χ1) is 8.65. The Morgan fingerprint density at radius 3 is 2.89 bits per heavy atom. The van der Waals surface area contributed by atoms with Crippen LogP contribution >= 0.6 is 11.3 Å². The lowest BCUT2D eigenvalue weighted by Gasteiger charge is -2.04. The van der Waals surface area contributed by atoms with E-state index < -0.39 is 0 Å². The first-order valence-corrected chi connectivity index (χ1v) is 6.97. The van der Waals surface area contributed by atoms with Crippen LogP contribution in [0, 0.1) is 13.8 Å². The van der Waals surface area contributed by atoms with E-state index in [4.69, 9.17) is 0 Å². The average molecular weight is 262 g/mol. The Kier molecular flexibility index (Phi) is 4.20. The van der Waals surface area contributed by atoms with Crippen molar-refractivity contribution in [3.05, 3.63) is 45.4 Å². The van der Waals surface area contributed by atoms with Crippen LogP contribution < -0.4 is 5.32 Å². The molecule has 0 aliphatic heterocycles. The van der Waals surface area contributed by atoms with Crippen LogP contribution in [0.1, 0.15) is 28.2 Å². The molecule has 0 spiro atoms. The Bertz CT molecular complexity index is 514. The maximum Gasteiger partial charge on any atom is 0.220 e. The molecule has 2 heterocycles. The number of aromatic amines is 1. The van der Waals surface area contributed by atoms with E-state index in [0.717, 1.165) is 23.4 Å². The van der Waals surface area contributed by atoms with Crippen LogP contribution in [0.5, 0.6) is 0 Å². The lowest BCUT2D eigenvalue weighted by atomic mass is 10.2. The zero-order chi connectivity index (χ0) is 13.0. The van der Waals surface area contributed by atoms with Crippen molar-refractivity contribution < 1.29 is 4.79 Å². The van der Waals surface area contributed by atoms with Crippen LogP contribution in [0.4, 0.5) is 0 Å². The largest absolute Gasteiger partial charge is 0.362 e. The summed E-state index contributed by atoms with van der Waals surface area (Å²) in [5.74, 6) is 0.113. The molecule has 2 aromatic heterocycles. The molecule has 1 amide bonds. The average Bonchev–Trinajstić information content (AvgIpc) is 2.94. The highest BCUT2D eigenvalue weighted by Gasteiger charge is 2.05. The van der Waals surface area contributed by atoms with Crippen molar-refractivity contribution in [1.82, 2.24) is 10.3 Å². The molecule has 18 heavy (non-hydrogen) atoms. The van der Waals surface area contributed by atoms with Crippen LogP contribution in [0.2, 0.25) is 0 Å². The number of aryl methyl sites for hydroxylation is 3. The van der Waals surface area contributed by atoms with Crippen LogP contribution in [-0.2, 0) is 17.8 Å². The van der Waals surface area contributed by atoms with Gasteiger partial charge in [0.25, 0.3) is 0 Å². The highest BCUT2D eigenvalue weighted by Crippen LogP contribution is 2.11. The van der Waals surface area contributed by atoms with Gasteiger partial charge in [-0.15, -0.1) is 11.3 Å². The van der Waals surface area contributed by atoms with Gasteiger partial charge in [-0.2, -0.15) is 0 Å². The van der Waals surface area contributed by atoms with Crippen molar-refractivity contribution in [2.24, 2.45) is 0 Å². The molecular weight excluding hydrogens is 244 g/mol. The molecule has 2 N–H and O–H groups in total. The van der Waals surface area contributed by atoms with E-state index in [2.05, 4.69) is 22.4 Å². The highest BCUT2D eigenvalue weighted by atomic mass is 32.1. The van der Waals surface area contributed by atoms with Crippen LogP contribution in [0.3, 0.4) is 0 Å². The Morgan fingerprint density at radius 2 is 2.28 bits per heavy atom. The summed E-state index contributed by atoms with van der Waals surface area (Å²) >= 11 is 1.70. The Morgan fingerprint density at radius 1 is 1.44 bits per heavy atom. The van der Waals surface area contributed by atoms with Gasteiger partial charge in [-0.1, -0.05) is 6.07 Å². The molecule has 2 aromatic rings. The number of hydrogen-bond acceptors (Lipinski definition) is 2. The molecule has 0 saturated carbocycles. The van der Waals surface area contributed by atoms with Crippen LogP contribution in [-0.4, -0.2) is 10.9 Å². The third kappa shape index (κ3) is 3.47. The lowest BCUT2D eigenvalue weighted by Crippen LogP contribution is -2.23. The summed E-state index contributed by atoms with van der Waals surface area (Å²) in [6.45, 7) is 4.66. The fraction of sp³-hybridized carbons (Fsp3) is 0.357. The molecule has 0 unspecified atom stereocenters. The predicted molar refractivity (Wildman–Crippen MR) is 74.8 cm³/mol. The molecule has 3 nitrogen and oxygen atoms in total. The SMILES string of the molecule is Cc1cc(CNC(=O)CCc2cccs2)c(C)[nH]1. The molecule has 0 aromatic carbocycles. The molecule has 0 bridgehead atoms. The first kappa shape index (κ1) is 12.9. The quantitative estimate of drug-likeness (QED) is 0.855. The van der Waals surface area contributed by atoms with E-state index >= 15 is 0 Å². The molecule has 2 rings (SSSR count). The number of aromatic nitrogens is 1. The zero-order valence-electron chi connectivity index (χ0n) is 10.7. The van der Waals surface area contributed by atoms with Gasteiger partial charge >= 0.3 is 0 Å². The number of rotatable bonds is 5. The summed E-state index contributed by atoms with van der Waals surface area (Å²) in [5.41, 5.74) is 3.43. The maximum atomic E-state index is 11.7. The summed E-state index contributed by atoms with van der Waals surface area (Å²) < 4.78 is 0. The van der Waals surface area contributed by atoms with Crippen molar-refractivity contribution in [1.29, 1.82) is 0 Å². The summed E-state index contributed by atoms with van der Waals surface area (Å²) in [6.07, 6.45) is 1.39. The molecule has 0 saturated heterocycles. The third-order valence-electron chi connectivity index (χ3n) is 2.91. The molecule has 0 aliphatic rings. The van der Waals surface area contributed by atoms with Crippen LogP contribution in [0.25, 0.3) is 0 Å². The monoisotopic (exact) mass is 262 g/mol. The maximum absolute atomic E-state index is 11.7. The number of nitrogens with one attached hydrogen (secondary N) is 2. The summed E-state index contributed by atoms with van der Waals surface area (Å²) in [7, 11) is 0. The second-order valence-electron chi connectivity index (χ2n) is 4.46. The smallest absolute Gasteiger partial charge is 0.220 e. The van der Waals surface area contributed by atoms with Gasteiger partial charge in [-0.05, 0) is 43.3 Å². The topological polar surface area (TPSA) is 44.9 Å². The van der Waals surface area contributed by atoms with Crippen LogP contribution in [0.15, 0.2) is 23.6 Å². The van der Waals surface area contributed by atoms with Crippen molar-refractivity contribution in [3.8, 4) is 0 Å². The molecule has 0 radical (unpaired) electrons. The standard InChI is InChI=1S/C14H18N2OS/c1-10-8-12(11(2)16-10)9-15-14(17)6-5-13-4-3-7-18-13/h3-4,7-8,16H,5-6,9H2,1-2H3,(H,15,17). The third-order valence-corrected chi connectivity index (χ3v) is 3.85. The lowest BCUT2D eigenvalue weighted by molar-refractivity contribution is -0.121. The first-order valence-electron chi connectivity index (χ1n) is 6.09. The Hall–Kier alpha value is -1.55. The molecule has 0 aliphatic carbocycles. The minimum atomic E-state index is 0.113. The Balaban J connectivity index is 1.76. The van der Waals surface area contributed by atoms with Gasteiger partial charge in [0.2, 0.25) is 5.91 Å². The fourth-order valence-corrected chi connectivity index (χ4v) is 2.65. The van der Waals surface area contributed by atoms with E-state index in [1.165, 1.54) is 4.88 Å². The summed E-state index contributed by atoms with van der Waals surface area (Å²) in [4.78, 5) is 16.2. The Labute approximate surface area is 111 Å². The van der Waals surface area contributed by atoms with E-state index in [-0.39, 0.29) is 5.91 Å². The van der Waals surface area contributed by atoms with Gasteiger partial charge in [-0.25, -0.2) is 0 Å². The van der Waals surface area contributed by atoms with E-state index in [0.29, 0.717) is 13.0 Å². The van der Waals surface area contributed by atoms with Gasteiger partial charge in [0, 0.05) is 29.2 Å². The second kappa shape index (κ2) is 5.87. The zero-order valence-corrected chi connectivity index (χ0v) is 11.6. The normalized spacial score (nSPS) is 10.6. The number of hydrogen-bond donors (Lipinski definition) is 2. The predicted octanol–water partition coefficient (Wildman–Crippen LogP) is 2.94. The number of carbonyl (C=O) groups excluding carboxylic acids is 1.